The fraction of sp³-hybridized carbons (Fsp3) is 0.562. The molecule has 0 saturated heterocycles. The topological polar surface area (TPSA) is 49.5 Å². The van der Waals surface area contributed by atoms with Crippen molar-refractivity contribution in [3.8, 4) is 0 Å². The van der Waals surface area contributed by atoms with Crippen molar-refractivity contribution in [1.29, 1.82) is 0 Å². The molecule has 0 radical (unpaired) electrons. The van der Waals surface area contributed by atoms with Crippen LogP contribution in [0, 0.1) is 5.21 Å². The van der Waals surface area contributed by atoms with Gasteiger partial charge in [0.15, 0.2) is 5.60 Å². The second-order valence-corrected chi connectivity index (χ2v) is 6.69. The van der Waals surface area contributed by atoms with Gasteiger partial charge in [0.2, 0.25) is 11.4 Å². The van der Waals surface area contributed by atoms with Crippen LogP contribution in [0.4, 0.5) is 0 Å². The summed E-state index contributed by atoms with van der Waals surface area (Å²) in [6.45, 7) is 9.38. The Morgan fingerprint density at radius 2 is 1.65 bits per heavy atom. The lowest BCUT2D eigenvalue weighted by molar-refractivity contribution is -0.559. The molecule has 1 heterocycles. The maximum atomic E-state index is 12.8. The van der Waals surface area contributed by atoms with Gasteiger partial charge in [0, 0.05) is 13.8 Å². The van der Waals surface area contributed by atoms with Gasteiger partial charge in [-0.1, -0.05) is 30.3 Å². The van der Waals surface area contributed by atoms with E-state index in [1.54, 1.807) is 6.92 Å². The Kier molecular flexibility index (Phi) is 3.23. The number of hydrogen-bond acceptors (Lipinski definition) is 3. The van der Waals surface area contributed by atoms with E-state index < -0.39 is 16.8 Å². The molecule has 1 aromatic rings. The Balaban J connectivity index is 2.64. The highest BCUT2D eigenvalue weighted by Gasteiger charge is 2.60. The van der Waals surface area contributed by atoms with Crippen molar-refractivity contribution in [2.45, 2.75) is 51.4 Å². The highest BCUT2D eigenvalue weighted by molar-refractivity contribution is 5.97. The molecule has 0 spiro atoms. The fourth-order valence-electron chi connectivity index (χ4n) is 3.19. The summed E-state index contributed by atoms with van der Waals surface area (Å²) in [6, 6.07) is 9.34. The van der Waals surface area contributed by atoms with Crippen molar-refractivity contribution >= 4 is 5.71 Å². The lowest BCUT2D eigenvalue weighted by Crippen LogP contribution is -2.54. The molecule has 1 unspecified atom stereocenters. The SMILES string of the molecule is CN1C(C)(C)C(C(C)(O)c2ccccc2)=[N+]([O-])C1(C)C. The third-order valence-electron chi connectivity index (χ3n) is 4.74. The quantitative estimate of drug-likeness (QED) is 0.666. The summed E-state index contributed by atoms with van der Waals surface area (Å²) < 4.78 is 0.958. The normalized spacial score (nSPS) is 24.8. The molecule has 0 saturated carbocycles. The summed E-state index contributed by atoms with van der Waals surface area (Å²) in [5.41, 5.74) is -1.30. The van der Waals surface area contributed by atoms with Crippen molar-refractivity contribution in [2.24, 2.45) is 0 Å². The summed E-state index contributed by atoms with van der Waals surface area (Å²) in [4.78, 5) is 2.00. The van der Waals surface area contributed by atoms with Gasteiger partial charge < -0.3 is 10.3 Å². The van der Waals surface area contributed by atoms with Crippen molar-refractivity contribution in [3.63, 3.8) is 0 Å². The number of hydroxylamine groups is 1. The van der Waals surface area contributed by atoms with Gasteiger partial charge in [-0.15, -0.1) is 0 Å². The van der Waals surface area contributed by atoms with E-state index in [1.165, 1.54) is 0 Å². The van der Waals surface area contributed by atoms with E-state index in [2.05, 4.69) is 0 Å². The zero-order valence-corrected chi connectivity index (χ0v) is 13.1. The molecule has 110 valence electrons. The van der Waals surface area contributed by atoms with Crippen molar-refractivity contribution in [3.05, 3.63) is 41.1 Å². The second-order valence-electron chi connectivity index (χ2n) is 6.69. The molecule has 0 bridgehead atoms. The van der Waals surface area contributed by atoms with E-state index in [-0.39, 0.29) is 0 Å². The van der Waals surface area contributed by atoms with E-state index in [9.17, 15) is 10.3 Å². The minimum absolute atomic E-state index is 0.476. The molecule has 0 aliphatic carbocycles. The summed E-state index contributed by atoms with van der Waals surface area (Å²) >= 11 is 0. The van der Waals surface area contributed by atoms with Crippen LogP contribution in [0.5, 0.6) is 0 Å². The minimum atomic E-state index is -1.30. The van der Waals surface area contributed by atoms with Gasteiger partial charge in [0.1, 0.15) is 5.54 Å². The molecule has 1 aromatic carbocycles. The second kappa shape index (κ2) is 4.30. The van der Waals surface area contributed by atoms with Crippen LogP contribution in [-0.2, 0) is 5.60 Å². The molecule has 0 aromatic heterocycles. The number of aliphatic hydroxyl groups is 1. The van der Waals surface area contributed by atoms with Crippen LogP contribution >= 0.6 is 0 Å². The van der Waals surface area contributed by atoms with E-state index in [4.69, 9.17) is 0 Å². The monoisotopic (exact) mass is 276 g/mol. The molecule has 0 fully saturated rings. The fourth-order valence-corrected chi connectivity index (χ4v) is 3.19. The van der Waals surface area contributed by atoms with E-state index in [0.717, 1.165) is 10.3 Å². The van der Waals surface area contributed by atoms with E-state index in [0.29, 0.717) is 5.71 Å². The molecule has 4 nitrogen and oxygen atoms in total. The van der Waals surface area contributed by atoms with Crippen molar-refractivity contribution in [2.75, 3.05) is 7.05 Å². The first-order valence-electron chi connectivity index (χ1n) is 6.91. The average Bonchev–Trinajstić information content (AvgIpc) is 2.49. The molecule has 1 aliphatic rings. The zero-order valence-electron chi connectivity index (χ0n) is 13.1. The van der Waals surface area contributed by atoms with Gasteiger partial charge in [0.05, 0.1) is 0 Å². The Morgan fingerprint density at radius 1 is 1.15 bits per heavy atom. The van der Waals surface area contributed by atoms with Crippen LogP contribution in [0.25, 0.3) is 0 Å². The summed E-state index contributed by atoms with van der Waals surface area (Å²) in [5, 5.41) is 23.8. The Hall–Kier alpha value is -1.39. The van der Waals surface area contributed by atoms with Gasteiger partial charge in [-0.05, 0) is 33.4 Å². The lowest BCUT2D eigenvalue weighted by atomic mass is 9.81. The third kappa shape index (κ3) is 1.86. The van der Waals surface area contributed by atoms with Gasteiger partial charge in [-0.25, -0.2) is 4.90 Å². The highest BCUT2D eigenvalue weighted by Crippen LogP contribution is 2.39. The average molecular weight is 276 g/mol. The predicted molar refractivity (Wildman–Crippen MR) is 80.6 cm³/mol. The molecule has 1 aliphatic heterocycles. The van der Waals surface area contributed by atoms with Crippen LogP contribution in [0.3, 0.4) is 0 Å². The standard InChI is InChI=1S/C16H24N2O2/c1-14(2)13(18(20)15(3,4)17(14)6)16(5,19)12-10-8-7-9-11-12/h7-11,19H,1-6H3. The largest absolute Gasteiger partial charge is 0.622 e. The highest BCUT2D eigenvalue weighted by atomic mass is 16.5. The first-order valence-corrected chi connectivity index (χ1v) is 6.91. The van der Waals surface area contributed by atoms with E-state index in [1.807, 2.05) is 70.0 Å². The van der Waals surface area contributed by atoms with Crippen LogP contribution in [0.2, 0.25) is 0 Å². The molecule has 4 heteroatoms. The number of rotatable bonds is 2. The van der Waals surface area contributed by atoms with Gasteiger partial charge >= 0.3 is 0 Å². The van der Waals surface area contributed by atoms with E-state index >= 15 is 0 Å². The van der Waals surface area contributed by atoms with Crippen LogP contribution in [-0.4, -0.2) is 38.7 Å². The number of hydrogen-bond donors (Lipinski definition) is 1. The number of benzene rings is 1. The maximum absolute atomic E-state index is 12.8. The molecular formula is C16H24N2O2. The van der Waals surface area contributed by atoms with Gasteiger partial charge in [-0.2, -0.15) is 4.74 Å². The van der Waals surface area contributed by atoms with Gasteiger partial charge in [-0.3, -0.25) is 0 Å². The van der Waals surface area contributed by atoms with Crippen LogP contribution in [0.1, 0.15) is 40.2 Å². The van der Waals surface area contributed by atoms with Crippen LogP contribution < -0.4 is 0 Å². The van der Waals surface area contributed by atoms with Crippen molar-refractivity contribution < 1.29 is 9.85 Å². The first kappa shape index (κ1) is 15.0. The maximum Gasteiger partial charge on any atom is 0.224 e. The molecule has 1 atom stereocenters. The number of nitrogens with zero attached hydrogens (tertiary/aromatic N) is 2. The summed E-state index contributed by atoms with van der Waals surface area (Å²) in [7, 11) is 1.92. The Morgan fingerprint density at radius 3 is 2.05 bits per heavy atom. The Labute approximate surface area is 120 Å². The molecule has 0 amide bonds. The van der Waals surface area contributed by atoms with Gasteiger partial charge in [0.25, 0.3) is 0 Å². The smallest absolute Gasteiger partial charge is 0.224 e. The first-order chi connectivity index (χ1) is 9.04. The zero-order chi connectivity index (χ0) is 15.3. The summed E-state index contributed by atoms with van der Waals surface area (Å²) in [5.74, 6) is 0. The molecular weight excluding hydrogens is 252 g/mol. The minimum Gasteiger partial charge on any atom is -0.622 e. The predicted octanol–water partition coefficient (Wildman–Crippen LogP) is 2.31. The third-order valence-corrected chi connectivity index (χ3v) is 4.74. The Bertz CT molecular complexity index is 545. The summed E-state index contributed by atoms with van der Waals surface area (Å²) in [6.07, 6.45) is 0. The lowest BCUT2D eigenvalue weighted by Gasteiger charge is -2.34. The molecule has 1 N–H and O–H groups in total. The molecule has 20 heavy (non-hydrogen) atoms. The van der Waals surface area contributed by atoms with Crippen molar-refractivity contribution in [1.82, 2.24) is 4.90 Å². The molecule has 2 rings (SSSR count). The van der Waals surface area contributed by atoms with Crippen LogP contribution in [0.15, 0.2) is 30.3 Å².